The van der Waals surface area contributed by atoms with Crippen molar-refractivity contribution in [3.63, 3.8) is 0 Å². The van der Waals surface area contributed by atoms with E-state index in [1.54, 1.807) is 7.11 Å². The molecule has 0 aliphatic heterocycles. The maximum absolute atomic E-state index is 5.40. The second kappa shape index (κ2) is 6.11. The second-order valence-electron chi connectivity index (χ2n) is 7.72. The van der Waals surface area contributed by atoms with Gasteiger partial charge in [-0.1, -0.05) is 27.7 Å². The van der Waals surface area contributed by atoms with E-state index in [-0.39, 0.29) is 0 Å². The van der Waals surface area contributed by atoms with E-state index in [0.29, 0.717) is 16.9 Å². The van der Waals surface area contributed by atoms with Crippen LogP contribution >= 0.6 is 31.9 Å². The first-order valence-electron chi connectivity index (χ1n) is 7.41. The molecule has 0 unspecified atom stereocenters. The summed E-state index contributed by atoms with van der Waals surface area (Å²) >= 11 is 7.17. The lowest BCUT2D eigenvalue weighted by Gasteiger charge is -2.45. The third-order valence-electron chi connectivity index (χ3n) is 4.16. The summed E-state index contributed by atoms with van der Waals surface area (Å²) in [6, 6.07) is 4.59. The molecule has 0 aromatic heterocycles. The predicted molar refractivity (Wildman–Crippen MR) is 97.2 cm³/mol. The Labute approximate surface area is 145 Å². The minimum Gasteiger partial charge on any atom is -0.495 e. The number of methoxy groups -OCH3 is 1. The van der Waals surface area contributed by atoms with E-state index < -0.39 is 0 Å². The molecule has 1 fully saturated rings. The smallest absolute Gasteiger partial charge is 0.135 e. The fourth-order valence-corrected chi connectivity index (χ4v) is 5.23. The van der Waals surface area contributed by atoms with Crippen molar-refractivity contribution in [2.45, 2.75) is 53.0 Å². The van der Waals surface area contributed by atoms with Crippen LogP contribution in [0.15, 0.2) is 21.1 Å². The summed E-state index contributed by atoms with van der Waals surface area (Å²) in [6.07, 6.45) is 3.67. The van der Waals surface area contributed by atoms with Crippen LogP contribution in [0.5, 0.6) is 5.75 Å². The Bertz CT molecular complexity index is 510. The van der Waals surface area contributed by atoms with Crippen molar-refractivity contribution in [3.05, 3.63) is 21.1 Å². The van der Waals surface area contributed by atoms with Crippen LogP contribution in [0.4, 0.5) is 5.69 Å². The lowest BCUT2D eigenvalue weighted by atomic mass is 9.63. The van der Waals surface area contributed by atoms with Gasteiger partial charge in [0.05, 0.1) is 17.3 Å². The van der Waals surface area contributed by atoms with Gasteiger partial charge in [0, 0.05) is 16.6 Å². The Morgan fingerprint density at radius 1 is 1.05 bits per heavy atom. The Hall–Kier alpha value is -0.220. The summed E-state index contributed by atoms with van der Waals surface area (Å²) in [5.41, 5.74) is 1.87. The number of benzene rings is 1. The number of hydrogen-bond donors (Lipinski definition) is 1. The van der Waals surface area contributed by atoms with Gasteiger partial charge in [-0.2, -0.15) is 0 Å². The topological polar surface area (TPSA) is 21.3 Å². The van der Waals surface area contributed by atoms with Gasteiger partial charge in [-0.15, -0.1) is 0 Å². The molecule has 118 valence electrons. The van der Waals surface area contributed by atoms with Crippen molar-refractivity contribution in [1.29, 1.82) is 0 Å². The highest BCUT2D eigenvalue weighted by molar-refractivity contribution is 9.11. The van der Waals surface area contributed by atoms with E-state index in [2.05, 4.69) is 70.9 Å². The first kappa shape index (κ1) is 17.1. The fourth-order valence-electron chi connectivity index (χ4n) is 3.96. The fraction of sp³-hybridized carbons (Fsp3) is 0.647. The van der Waals surface area contributed by atoms with Crippen LogP contribution in [0.3, 0.4) is 0 Å². The molecular weight excluding hydrogens is 394 g/mol. The lowest BCUT2D eigenvalue weighted by Crippen LogP contribution is -2.40. The van der Waals surface area contributed by atoms with Gasteiger partial charge in [-0.25, -0.2) is 0 Å². The molecule has 0 amide bonds. The number of halogens is 2. The first-order valence-corrected chi connectivity index (χ1v) is 9.00. The van der Waals surface area contributed by atoms with Gasteiger partial charge in [0.15, 0.2) is 0 Å². The lowest BCUT2D eigenvalue weighted by molar-refractivity contribution is 0.105. The van der Waals surface area contributed by atoms with Crippen LogP contribution in [-0.4, -0.2) is 13.2 Å². The Morgan fingerprint density at radius 3 is 2.14 bits per heavy atom. The molecule has 2 nitrogen and oxygen atoms in total. The van der Waals surface area contributed by atoms with Gasteiger partial charge in [0.2, 0.25) is 0 Å². The van der Waals surface area contributed by atoms with Crippen LogP contribution < -0.4 is 10.1 Å². The maximum Gasteiger partial charge on any atom is 0.135 e. The molecule has 0 bridgehead atoms. The molecule has 21 heavy (non-hydrogen) atoms. The Kier molecular flexibility index (Phi) is 4.99. The maximum atomic E-state index is 5.40. The highest BCUT2D eigenvalue weighted by Crippen LogP contribution is 2.47. The summed E-state index contributed by atoms with van der Waals surface area (Å²) in [5, 5.41) is 3.71. The van der Waals surface area contributed by atoms with Gasteiger partial charge in [-0.3, -0.25) is 0 Å². The molecule has 1 saturated carbocycles. The van der Waals surface area contributed by atoms with Crippen molar-refractivity contribution in [1.82, 2.24) is 0 Å². The third-order valence-corrected chi connectivity index (χ3v) is 5.43. The van der Waals surface area contributed by atoms with Crippen molar-refractivity contribution >= 4 is 37.5 Å². The molecule has 1 N–H and O–H groups in total. The van der Waals surface area contributed by atoms with Crippen LogP contribution in [0.2, 0.25) is 0 Å². The molecule has 0 spiro atoms. The highest BCUT2D eigenvalue weighted by Gasteiger charge is 2.38. The monoisotopic (exact) mass is 417 g/mol. The number of rotatable bonds is 3. The molecule has 0 radical (unpaired) electrons. The molecule has 1 aromatic carbocycles. The summed E-state index contributed by atoms with van der Waals surface area (Å²) in [6.45, 7) is 9.50. The number of nitrogens with one attached hydrogen (secondary N) is 1. The average molecular weight is 419 g/mol. The van der Waals surface area contributed by atoms with E-state index in [1.807, 2.05) is 6.07 Å². The van der Waals surface area contributed by atoms with Crippen LogP contribution in [0, 0.1) is 10.8 Å². The number of anilines is 1. The summed E-state index contributed by atoms with van der Waals surface area (Å²) in [4.78, 5) is 0. The van der Waals surface area contributed by atoms with E-state index in [9.17, 15) is 0 Å². The van der Waals surface area contributed by atoms with Gasteiger partial charge in [0.25, 0.3) is 0 Å². The molecule has 2 rings (SSSR count). The zero-order valence-electron chi connectivity index (χ0n) is 13.5. The molecule has 1 aliphatic rings. The zero-order chi connectivity index (χ0) is 15.8. The molecule has 0 heterocycles. The summed E-state index contributed by atoms with van der Waals surface area (Å²) in [5.74, 6) is 0.857. The van der Waals surface area contributed by atoms with E-state index in [1.165, 1.54) is 19.3 Å². The molecule has 1 aromatic rings. The minimum atomic E-state index is 0.380. The molecule has 0 atom stereocenters. The van der Waals surface area contributed by atoms with Crippen LogP contribution in [-0.2, 0) is 0 Å². The van der Waals surface area contributed by atoms with Crippen LogP contribution in [0.25, 0.3) is 0 Å². The largest absolute Gasteiger partial charge is 0.495 e. The average Bonchev–Trinajstić information content (AvgIpc) is 2.28. The van der Waals surface area contributed by atoms with Crippen molar-refractivity contribution in [2.24, 2.45) is 10.8 Å². The minimum absolute atomic E-state index is 0.380. The van der Waals surface area contributed by atoms with Gasteiger partial charge < -0.3 is 10.1 Å². The number of ether oxygens (including phenoxy) is 1. The predicted octanol–water partition coefficient (Wildman–Crippen LogP) is 6.24. The highest BCUT2D eigenvalue weighted by atomic mass is 79.9. The van der Waals surface area contributed by atoms with E-state index >= 15 is 0 Å². The zero-order valence-corrected chi connectivity index (χ0v) is 16.7. The van der Waals surface area contributed by atoms with Crippen LogP contribution in [0.1, 0.15) is 47.0 Å². The third kappa shape index (κ3) is 4.38. The quantitative estimate of drug-likeness (QED) is 0.627. The molecule has 0 saturated heterocycles. The molecule has 4 heteroatoms. The summed E-state index contributed by atoms with van der Waals surface area (Å²) in [7, 11) is 1.70. The molecule has 1 aliphatic carbocycles. The van der Waals surface area contributed by atoms with Crippen molar-refractivity contribution in [3.8, 4) is 5.75 Å². The van der Waals surface area contributed by atoms with Crippen molar-refractivity contribution < 1.29 is 4.74 Å². The number of hydrogen-bond acceptors (Lipinski definition) is 2. The van der Waals surface area contributed by atoms with Gasteiger partial charge in [-0.05, 0) is 68.0 Å². The Morgan fingerprint density at radius 2 is 1.62 bits per heavy atom. The molecular formula is C17H25Br2NO. The van der Waals surface area contributed by atoms with Gasteiger partial charge >= 0.3 is 0 Å². The van der Waals surface area contributed by atoms with Gasteiger partial charge in [0.1, 0.15) is 5.75 Å². The second-order valence-corrected chi connectivity index (χ2v) is 9.43. The van der Waals surface area contributed by atoms with E-state index in [4.69, 9.17) is 4.74 Å². The van der Waals surface area contributed by atoms with E-state index in [0.717, 1.165) is 20.4 Å². The summed E-state index contributed by atoms with van der Waals surface area (Å²) < 4.78 is 7.43. The van der Waals surface area contributed by atoms with Crippen molar-refractivity contribution in [2.75, 3.05) is 12.4 Å². The SMILES string of the molecule is COc1cc(NC2CC(C)(C)CC(C)(C)C2)c(Br)cc1Br. The Balaban J connectivity index is 2.21. The first-order chi connectivity index (χ1) is 9.62. The standard InChI is InChI=1S/C17H25Br2NO/c1-16(2)8-11(9-17(3,4)10-16)20-14-7-15(21-5)13(19)6-12(14)18/h6-7,11,20H,8-10H2,1-5H3. The normalized spacial score (nSPS) is 21.1.